The number of para-hydroxylation sites is 1. The Labute approximate surface area is 91.1 Å². The standard InChI is InChI=1S/C12H10N2O2/c1-7-10-11(16-13-7)8-5-3-4-6-9(8)14(2)12(10)15/h3-6H,1-2H3. The number of pyridine rings is 1. The predicted octanol–water partition coefficient (Wildman–Crippen LogP) is 1.99. The van der Waals surface area contributed by atoms with Crippen molar-refractivity contribution in [2.45, 2.75) is 6.92 Å². The molecule has 0 atom stereocenters. The molecule has 80 valence electrons. The molecule has 16 heavy (non-hydrogen) atoms. The summed E-state index contributed by atoms with van der Waals surface area (Å²) in [5.41, 5.74) is 2.01. The normalized spacial score (nSPS) is 11.4. The maximum Gasteiger partial charge on any atom is 0.263 e. The van der Waals surface area contributed by atoms with Crippen LogP contribution in [-0.4, -0.2) is 9.72 Å². The quantitative estimate of drug-likeness (QED) is 0.575. The Morgan fingerprint density at radius 3 is 2.88 bits per heavy atom. The van der Waals surface area contributed by atoms with Crippen molar-refractivity contribution in [3.8, 4) is 0 Å². The van der Waals surface area contributed by atoms with Gasteiger partial charge in [0.25, 0.3) is 5.56 Å². The topological polar surface area (TPSA) is 48.0 Å². The van der Waals surface area contributed by atoms with E-state index in [1.54, 1.807) is 18.5 Å². The van der Waals surface area contributed by atoms with Crippen molar-refractivity contribution in [2.75, 3.05) is 0 Å². The van der Waals surface area contributed by atoms with Gasteiger partial charge in [-0.1, -0.05) is 17.3 Å². The fourth-order valence-electron chi connectivity index (χ4n) is 2.04. The number of rotatable bonds is 0. The molecule has 2 aromatic heterocycles. The van der Waals surface area contributed by atoms with Gasteiger partial charge in [0, 0.05) is 12.4 Å². The fourth-order valence-corrected chi connectivity index (χ4v) is 2.04. The molecule has 0 N–H and O–H groups in total. The molecule has 4 nitrogen and oxygen atoms in total. The SMILES string of the molecule is Cc1noc2c1c(=O)n(C)c1ccccc21. The highest BCUT2D eigenvalue weighted by Crippen LogP contribution is 2.23. The average Bonchev–Trinajstić information content (AvgIpc) is 2.69. The van der Waals surface area contributed by atoms with Gasteiger partial charge in [-0.2, -0.15) is 0 Å². The lowest BCUT2D eigenvalue weighted by Gasteiger charge is -2.04. The van der Waals surface area contributed by atoms with E-state index in [0.717, 1.165) is 10.9 Å². The summed E-state index contributed by atoms with van der Waals surface area (Å²) in [5.74, 6) is 0. The monoisotopic (exact) mass is 214 g/mol. The van der Waals surface area contributed by atoms with E-state index in [1.165, 1.54) is 0 Å². The molecule has 0 saturated carbocycles. The molecule has 0 saturated heterocycles. The van der Waals surface area contributed by atoms with E-state index in [2.05, 4.69) is 5.16 Å². The van der Waals surface area contributed by atoms with Crippen LogP contribution in [0.4, 0.5) is 0 Å². The first-order valence-corrected chi connectivity index (χ1v) is 5.04. The van der Waals surface area contributed by atoms with Crippen molar-refractivity contribution in [2.24, 2.45) is 7.05 Å². The van der Waals surface area contributed by atoms with Crippen molar-refractivity contribution in [1.82, 2.24) is 9.72 Å². The van der Waals surface area contributed by atoms with Crippen LogP contribution in [0.25, 0.3) is 21.9 Å². The Morgan fingerprint density at radius 1 is 1.31 bits per heavy atom. The molecule has 3 rings (SSSR count). The Hall–Kier alpha value is -2.10. The summed E-state index contributed by atoms with van der Waals surface area (Å²) in [5, 5.41) is 5.35. The van der Waals surface area contributed by atoms with Crippen LogP contribution in [0.1, 0.15) is 5.69 Å². The number of aromatic nitrogens is 2. The zero-order chi connectivity index (χ0) is 11.3. The summed E-state index contributed by atoms with van der Waals surface area (Å²) in [7, 11) is 1.76. The average molecular weight is 214 g/mol. The lowest BCUT2D eigenvalue weighted by Crippen LogP contribution is -2.17. The van der Waals surface area contributed by atoms with E-state index in [4.69, 9.17) is 4.52 Å². The van der Waals surface area contributed by atoms with Crippen LogP contribution >= 0.6 is 0 Å². The summed E-state index contributed by atoms with van der Waals surface area (Å²) in [4.78, 5) is 12.1. The molecule has 2 heterocycles. The van der Waals surface area contributed by atoms with Gasteiger partial charge in [0.1, 0.15) is 5.39 Å². The zero-order valence-electron chi connectivity index (χ0n) is 9.02. The summed E-state index contributed by atoms with van der Waals surface area (Å²) < 4.78 is 6.86. The van der Waals surface area contributed by atoms with Crippen molar-refractivity contribution in [3.05, 3.63) is 40.3 Å². The maximum absolute atomic E-state index is 12.1. The smallest absolute Gasteiger partial charge is 0.263 e. The summed E-state index contributed by atoms with van der Waals surface area (Å²) in [6, 6.07) is 7.65. The fraction of sp³-hybridized carbons (Fsp3) is 0.167. The van der Waals surface area contributed by atoms with Crippen LogP contribution in [0.15, 0.2) is 33.6 Å². The van der Waals surface area contributed by atoms with Gasteiger partial charge in [-0.25, -0.2) is 0 Å². The highest BCUT2D eigenvalue weighted by atomic mass is 16.5. The molecular weight excluding hydrogens is 204 g/mol. The van der Waals surface area contributed by atoms with Crippen LogP contribution in [0.3, 0.4) is 0 Å². The number of benzene rings is 1. The lowest BCUT2D eigenvalue weighted by molar-refractivity contribution is 0.452. The van der Waals surface area contributed by atoms with E-state index in [1.807, 2.05) is 24.3 Å². The van der Waals surface area contributed by atoms with Crippen LogP contribution < -0.4 is 5.56 Å². The largest absolute Gasteiger partial charge is 0.355 e. The first-order chi connectivity index (χ1) is 7.70. The van der Waals surface area contributed by atoms with Crippen LogP contribution in [-0.2, 0) is 7.05 Å². The van der Waals surface area contributed by atoms with E-state index in [0.29, 0.717) is 16.7 Å². The third-order valence-corrected chi connectivity index (χ3v) is 2.89. The minimum Gasteiger partial charge on any atom is -0.355 e. The first kappa shape index (κ1) is 9.15. The number of hydrogen-bond acceptors (Lipinski definition) is 3. The molecule has 3 aromatic rings. The Morgan fingerprint density at radius 2 is 2.06 bits per heavy atom. The lowest BCUT2D eigenvalue weighted by atomic mass is 10.1. The first-order valence-electron chi connectivity index (χ1n) is 5.04. The molecule has 4 heteroatoms. The van der Waals surface area contributed by atoms with Gasteiger partial charge in [0.15, 0.2) is 5.58 Å². The van der Waals surface area contributed by atoms with Gasteiger partial charge < -0.3 is 9.09 Å². The third kappa shape index (κ3) is 0.984. The second-order valence-corrected chi connectivity index (χ2v) is 3.85. The number of aryl methyl sites for hydroxylation is 2. The van der Waals surface area contributed by atoms with Crippen molar-refractivity contribution in [3.63, 3.8) is 0 Å². The van der Waals surface area contributed by atoms with E-state index in [9.17, 15) is 4.79 Å². The molecule has 0 bridgehead atoms. The van der Waals surface area contributed by atoms with E-state index in [-0.39, 0.29) is 5.56 Å². The highest BCUT2D eigenvalue weighted by molar-refractivity contribution is 6.02. The van der Waals surface area contributed by atoms with E-state index >= 15 is 0 Å². The molecule has 0 aliphatic rings. The molecule has 0 aliphatic carbocycles. The van der Waals surface area contributed by atoms with Crippen molar-refractivity contribution < 1.29 is 4.52 Å². The van der Waals surface area contributed by atoms with Crippen molar-refractivity contribution in [1.29, 1.82) is 0 Å². The minimum absolute atomic E-state index is 0.0625. The molecule has 0 amide bonds. The van der Waals surface area contributed by atoms with Gasteiger partial charge in [0.2, 0.25) is 0 Å². The predicted molar refractivity (Wildman–Crippen MR) is 61.5 cm³/mol. The number of hydrogen-bond donors (Lipinski definition) is 0. The molecule has 0 unspecified atom stereocenters. The highest BCUT2D eigenvalue weighted by Gasteiger charge is 2.14. The second-order valence-electron chi connectivity index (χ2n) is 3.85. The number of fused-ring (bicyclic) bond motifs is 3. The summed E-state index contributed by atoms with van der Waals surface area (Å²) in [6.07, 6.45) is 0. The van der Waals surface area contributed by atoms with Crippen LogP contribution in [0.2, 0.25) is 0 Å². The van der Waals surface area contributed by atoms with Gasteiger partial charge in [-0.3, -0.25) is 4.79 Å². The van der Waals surface area contributed by atoms with Gasteiger partial charge in [-0.15, -0.1) is 0 Å². The summed E-state index contributed by atoms with van der Waals surface area (Å²) in [6.45, 7) is 1.78. The molecular formula is C12H10N2O2. The van der Waals surface area contributed by atoms with Crippen LogP contribution in [0.5, 0.6) is 0 Å². The van der Waals surface area contributed by atoms with Gasteiger partial charge in [0.05, 0.1) is 11.2 Å². The molecule has 0 spiro atoms. The summed E-state index contributed by atoms with van der Waals surface area (Å²) >= 11 is 0. The molecule has 0 fully saturated rings. The van der Waals surface area contributed by atoms with Gasteiger partial charge in [-0.05, 0) is 19.1 Å². The Balaban J connectivity index is 2.76. The zero-order valence-corrected chi connectivity index (χ0v) is 9.02. The molecule has 0 radical (unpaired) electrons. The van der Waals surface area contributed by atoms with E-state index < -0.39 is 0 Å². The third-order valence-electron chi connectivity index (χ3n) is 2.89. The second kappa shape index (κ2) is 2.95. The van der Waals surface area contributed by atoms with Crippen LogP contribution in [0, 0.1) is 6.92 Å². The Kier molecular flexibility index (Phi) is 1.68. The van der Waals surface area contributed by atoms with Gasteiger partial charge >= 0.3 is 0 Å². The maximum atomic E-state index is 12.1. The Bertz CT molecular complexity index is 753. The molecule has 1 aromatic carbocycles. The molecule has 0 aliphatic heterocycles. The van der Waals surface area contributed by atoms with Crippen molar-refractivity contribution >= 4 is 21.9 Å². The minimum atomic E-state index is -0.0625. The number of nitrogens with zero attached hydrogens (tertiary/aromatic N) is 2.